The van der Waals surface area contributed by atoms with Crippen molar-refractivity contribution in [3.8, 4) is 0 Å². The molecule has 1 fully saturated rings. The van der Waals surface area contributed by atoms with E-state index in [4.69, 9.17) is 9.47 Å². The van der Waals surface area contributed by atoms with Crippen molar-refractivity contribution in [2.45, 2.75) is 103 Å². The van der Waals surface area contributed by atoms with Crippen LogP contribution in [0.25, 0.3) is 0 Å². The molecular weight excluding hydrogens is 368 g/mol. The van der Waals surface area contributed by atoms with Crippen molar-refractivity contribution < 1.29 is 24.1 Å². The van der Waals surface area contributed by atoms with E-state index in [9.17, 15) is 9.90 Å². The fraction of sp³-hybridized carbons (Fsp3) is 0.708. The van der Waals surface area contributed by atoms with Crippen LogP contribution in [0.5, 0.6) is 0 Å². The van der Waals surface area contributed by atoms with Gasteiger partial charge in [-0.15, -0.1) is 0 Å². The van der Waals surface area contributed by atoms with Crippen molar-refractivity contribution in [2.24, 2.45) is 0 Å². The number of carbonyl (C=O) groups excluding carboxylic acids is 1. The summed E-state index contributed by atoms with van der Waals surface area (Å²) in [4.78, 5) is 11.0. The molecule has 0 radical (unpaired) electrons. The van der Waals surface area contributed by atoms with Gasteiger partial charge in [0, 0.05) is 6.42 Å². The van der Waals surface area contributed by atoms with Crippen molar-refractivity contribution in [1.29, 1.82) is 0 Å². The Bertz CT molecular complexity index is 535. The number of carbonyl (C=O) groups is 1. The lowest BCUT2D eigenvalue weighted by molar-refractivity contribution is -0.142. The van der Waals surface area contributed by atoms with E-state index in [-0.39, 0.29) is 18.2 Å². The highest BCUT2D eigenvalue weighted by Crippen LogP contribution is 2.31. The Hall–Kier alpha value is -1.43. The number of aliphatic hydroxyl groups is 1. The van der Waals surface area contributed by atoms with Crippen molar-refractivity contribution >= 4 is 5.97 Å². The zero-order chi connectivity index (χ0) is 21.5. The van der Waals surface area contributed by atoms with Crippen molar-refractivity contribution in [3.63, 3.8) is 0 Å². The number of unbranched alkanes of at least 4 members (excludes halogenated alkanes) is 4. The second-order valence-electron chi connectivity index (χ2n) is 7.97. The molecule has 0 saturated carbocycles. The largest absolute Gasteiger partial charge is 0.469 e. The molecule has 0 aliphatic carbocycles. The molecule has 1 rings (SSSR count). The van der Waals surface area contributed by atoms with Gasteiger partial charge in [-0.1, -0.05) is 56.2 Å². The van der Waals surface area contributed by atoms with Gasteiger partial charge in [-0.3, -0.25) is 4.79 Å². The zero-order valence-electron chi connectivity index (χ0n) is 18.6. The smallest absolute Gasteiger partial charge is 0.305 e. The number of hydrogen-bond acceptors (Lipinski definition) is 5. The second-order valence-corrected chi connectivity index (χ2v) is 7.97. The van der Waals surface area contributed by atoms with Gasteiger partial charge in [-0.2, -0.15) is 0 Å². The predicted molar refractivity (Wildman–Crippen MR) is 116 cm³/mol. The maximum atomic E-state index is 11.0. The van der Waals surface area contributed by atoms with Gasteiger partial charge in [0.05, 0.1) is 19.3 Å². The van der Waals surface area contributed by atoms with Gasteiger partial charge in [0.1, 0.15) is 6.10 Å². The summed E-state index contributed by atoms with van der Waals surface area (Å²) in [6.07, 6.45) is 19.4. The fourth-order valence-electron chi connectivity index (χ4n) is 3.20. The Morgan fingerprint density at radius 3 is 2.55 bits per heavy atom. The number of esters is 1. The Kier molecular flexibility index (Phi) is 12.8. The average Bonchev–Trinajstić information content (AvgIpc) is 2.98. The van der Waals surface area contributed by atoms with E-state index < -0.39 is 11.9 Å². The molecule has 166 valence electrons. The van der Waals surface area contributed by atoms with Gasteiger partial charge in [-0.25, -0.2) is 0 Å². The van der Waals surface area contributed by atoms with Crippen LogP contribution in [-0.2, 0) is 19.0 Å². The average molecular weight is 409 g/mol. The third-order valence-corrected chi connectivity index (χ3v) is 4.78. The summed E-state index contributed by atoms with van der Waals surface area (Å²) < 4.78 is 16.6. The molecule has 0 aromatic rings. The SMILES string of the molecule is CCCCC/C=C\C[C@@H]1OC(C)(C)O[C@@H]1/C=C/[C@H](O)C/C=C\CCCC(=O)OC. The fourth-order valence-corrected chi connectivity index (χ4v) is 3.20. The lowest BCUT2D eigenvalue weighted by Crippen LogP contribution is -2.21. The maximum Gasteiger partial charge on any atom is 0.305 e. The van der Waals surface area contributed by atoms with Crippen LogP contribution in [0.1, 0.15) is 78.6 Å². The van der Waals surface area contributed by atoms with Crippen LogP contribution in [0.2, 0.25) is 0 Å². The first kappa shape index (κ1) is 25.6. The molecular formula is C24H40O5. The Morgan fingerprint density at radius 2 is 1.83 bits per heavy atom. The van der Waals surface area contributed by atoms with E-state index in [2.05, 4.69) is 23.8 Å². The van der Waals surface area contributed by atoms with E-state index in [1.807, 2.05) is 32.1 Å². The highest BCUT2D eigenvalue weighted by Gasteiger charge is 2.39. The molecule has 0 aromatic carbocycles. The zero-order valence-corrected chi connectivity index (χ0v) is 18.6. The monoisotopic (exact) mass is 408 g/mol. The van der Waals surface area contributed by atoms with Gasteiger partial charge < -0.3 is 19.3 Å². The van der Waals surface area contributed by atoms with Crippen molar-refractivity contribution in [2.75, 3.05) is 7.11 Å². The van der Waals surface area contributed by atoms with Crippen LogP contribution in [0, 0.1) is 0 Å². The predicted octanol–water partition coefficient (Wildman–Crippen LogP) is 5.24. The summed E-state index contributed by atoms with van der Waals surface area (Å²) >= 11 is 0. The van der Waals surface area contributed by atoms with Crippen LogP contribution < -0.4 is 0 Å². The number of allylic oxidation sites excluding steroid dienone is 2. The van der Waals surface area contributed by atoms with Gasteiger partial charge in [0.15, 0.2) is 5.79 Å². The van der Waals surface area contributed by atoms with Crippen molar-refractivity contribution in [3.05, 3.63) is 36.5 Å². The quantitative estimate of drug-likeness (QED) is 0.242. The Balaban J connectivity index is 2.38. The first-order valence-corrected chi connectivity index (χ1v) is 11.0. The molecule has 0 aromatic heterocycles. The number of aliphatic hydroxyl groups excluding tert-OH is 1. The Morgan fingerprint density at radius 1 is 1.10 bits per heavy atom. The molecule has 1 aliphatic heterocycles. The van der Waals surface area contributed by atoms with E-state index in [1.165, 1.54) is 26.4 Å². The summed E-state index contributed by atoms with van der Waals surface area (Å²) in [5, 5.41) is 10.2. The van der Waals surface area contributed by atoms with Crippen LogP contribution in [-0.4, -0.2) is 42.3 Å². The minimum absolute atomic E-state index is 0.0373. The summed E-state index contributed by atoms with van der Waals surface area (Å²) in [6, 6.07) is 0. The number of rotatable bonds is 14. The summed E-state index contributed by atoms with van der Waals surface area (Å²) in [5.74, 6) is -0.798. The first-order valence-electron chi connectivity index (χ1n) is 11.0. The van der Waals surface area contributed by atoms with Crippen LogP contribution in [0.3, 0.4) is 0 Å². The number of ether oxygens (including phenoxy) is 3. The summed E-state index contributed by atoms with van der Waals surface area (Å²) in [7, 11) is 1.40. The summed E-state index contributed by atoms with van der Waals surface area (Å²) in [5.41, 5.74) is 0. The molecule has 29 heavy (non-hydrogen) atoms. The maximum absolute atomic E-state index is 11.0. The van der Waals surface area contributed by atoms with Crippen LogP contribution in [0.4, 0.5) is 0 Å². The van der Waals surface area contributed by atoms with E-state index in [0.29, 0.717) is 12.8 Å². The number of methoxy groups -OCH3 is 1. The Labute approximate surface area is 176 Å². The molecule has 1 aliphatic rings. The van der Waals surface area contributed by atoms with Crippen LogP contribution in [0.15, 0.2) is 36.5 Å². The van der Waals surface area contributed by atoms with Gasteiger partial charge in [-0.05, 0) is 52.4 Å². The van der Waals surface area contributed by atoms with Gasteiger partial charge in [0.2, 0.25) is 0 Å². The number of hydrogen-bond donors (Lipinski definition) is 1. The normalized spacial score (nSPS) is 22.8. The molecule has 0 spiro atoms. The minimum Gasteiger partial charge on any atom is -0.469 e. The molecule has 3 atom stereocenters. The van der Waals surface area contributed by atoms with E-state index >= 15 is 0 Å². The first-order chi connectivity index (χ1) is 13.9. The highest BCUT2D eigenvalue weighted by atomic mass is 16.7. The third kappa shape index (κ3) is 12.0. The van der Waals surface area contributed by atoms with E-state index in [1.54, 1.807) is 6.08 Å². The standard InChI is InChI=1S/C24H40O5/c1-5-6-7-8-9-13-16-21-22(29-24(2,3)28-21)19-18-20(25)15-12-10-11-14-17-23(26)27-4/h9-10,12-13,18-22,25H,5-8,11,14-17H2,1-4H3/b12-10-,13-9-,19-18+/t20-,21+,22-/m1/s1. The molecule has 1 N–H and O–H groups in total. The lowest BCUT2D eigenvalue weighted by Gasteiger charge is -2.16. The van der Waals surface area contributed by atoms with Gasteiger partial charge >= 0.3 is 5.97 Å². The molecule has 0 amide bonds. The molecule has 5 nitrogen and oxygen atoms in total. The molecule has 1 saturated heterocycles. The highest BCUT2D eigenvalue weighted by molar-refractivity contribution is 5.69. The third-order valence-electron chi connectivity index (χ3n) is 4.78. The molecule has 0 bridgehead atoms. The van der Waals surface area contributed by atoms with Crippen LogP contribution >= 0.6 is 0 Å². The van der Waals surface area contributed by atoms with E-state index in [0.717, 1.165) is 25.7 Å². The van der Waals surface area contributed by atoms with Gasteiger partial charge in [0.25, 0.3) is 0 Å². The minimum atomic E-state index is -0.611. The van der Waals surface area contributed by atoms with Crippen molar-refractivity contribution in [1.82, 2.24) is 0 Å². The second kappa shape index (κ2) is 14.5. The summed E-state index contributed by atoms with van der Waals surface area (Å²) in [6.45, 7) is 6.06. The molecule has 1 heterocycles. The molecule has 5 heteroatoms. The lowest BCUT2D eigenvalue weighted by atomic mass is 10.1. The topological polar surface area (TPSA) is 65.0 Å². The molecule has 0 unspecified atom stereocenters.